The van der Waals surface area contributed by atoms with Gasteiger partial charge in [0.2, 0.25) is 0 Å². The molecule has 0 bridgehead atoms. The minimum atomic E-state index is -0.682. The third kappa shape index (κ3) is 3.56. The number of carboxylic acid groups (broad SMARTS) is 1. The van der Waals surface area contributed by atoms with Crippen LogP contribution in [0, 0.1) is 0 Å². The van der Waals surface area contributed by atoms with Crippen molar-refractivity contribution in [2.75, 3.05) is 6.54 Å². The van der Waals surface area contributed by atoms with Crippen LogP contribution in [0.4, 0.5) is 0 Å². The second kappa shape index (κ2) is 5.82. The van der Waals surface area contributed by atoms with Gasteiger partial charge in [0.1, 0.15) is 0 Å². The molecule has 0 amide bonds. The summed E-state index contributed by atoms with van der Waals surface area (Å²) in [4.78, 5) is 12.8. The van der Waals surface area contributed by atoms with Crippen LogP contribution in [-0.4, -0.2) is 22.5 Å². The maximum atomic E-state index is 10.4. The number of carbonyl (C=O) groups is 1. The first-order valence-electron chi connectivity index (χ1n) is 6.26. The van der Waals surface area contributed by atoms with E-state index in [1.165, 1.54) is 11.1 Å². The van der Waals surface area contributed by atoms with Gasteiger partial charge in [0.05, 0.1) is 0 Å². The smallest absolute Gasteiger partial charge is 0.303 e. The van der Waals surface area contributed by atoms with Gasteiger partial charge in [0, 0.05) is 19.5 Å². The number of rotatable bonds is 6. The monoisotopic (exact) mass is 233 g/mol. The Hall–Kier alpha value is -1.35. The molecule has 1 aliphatic rings. The SMILES string of the molecule is O=C(O)CCCCCN1Cc2ccccc2C1. The number of carboxylic acids is 1. The van der Waals surface area contributed by atoms with Gasteiger partial charge in [-0.05, 0) is 30.5 Å². The quantitative estimate of drug-likeness (QED) is 0.768. The van der Waals surface area contributed by atoms with Crippen molar-refractivity contribution in [2.45, 2.75) is 38.8 Å². The summed E-state index contributed by atoms with van der Waals surface area (Å²) in [5, 5.41) is 8.53. The molecule has 0 saturated carbocycles. The first kappa shape index (κ1) is 12.1. The zero-order valence-corrected chi connectivity index (χ0v) is 10.1. The van der Waals surface area contributed by atoms with Crippen molar-refractivity contribution >= 4 is 5.97 Å². The highest BCUT2D eigenvalue weighted by atomic mass is 16.4. The maximum absolute atomic E-state index is 10.4. The number of hydrogen-bond acceptors (Lipinski definition) is 2. The van der Waals surface area contributed by atoms with E-state index in [9.17, 15) is 4.79 Å². The number of hydrogen-bond donors (Lipinski definition) is 1. The molecular formula is C14H19NO2. The lowest BCUT2D eigenvalue weighted by Crippen LogP contribution is -2.17. The molecule has 17 heavy (non-hydrogen) atoms. The van der Waals surface area contributed by atoms with Crippen molar-refractivity contribution < 1.29 is 9.90 Å². The van der Waals surface area contributed by atoms with Gasteiger partial charge in [-0.15, -0.1) is 0 Å². The molecule has 2 rings (SSSR count). The Balaban J connectivity index is 1.65. The molecule has 0 saturated heterocycles. The van der Waals surface area contributed by atoms with E-state index in [-0.39, 0.29) is 0 Å². The van der Waals surface area contributed by atoms with Crippen molar-refractivity contribution in [1.29, 1.82) is 0 Å². The van der Waals surface area contributed by atoms with E-state index in [1.54, 1.807) is 0 Å². The fourth-order valence-electron chi connectivity index (χ4n) is 2.35. The summed E-state index contributed by atoms with van der Waals surface area (Å²) in [6, 6.07) is 8.57. The second-order valence-electron chi connectivity index (χ2n) is 4.68. The van der Waals surface area contributed by atoms with Crippen LogP contribution in [0.15, 0.2) is 24.3 Å². The van der Waals surface area contributed by atoms with E-state index in [0.29, 0.717) is 6.42 Å². The summed E-state index contributed by atoms with van der Waals surface area (Å²) in [5.74, 6) is -0.682. The Kier molecular flexibility index (Phi) is 4.15. The van der Waals surface area contributed by atoms with E-state index in [4.69, 9.17) is 5.11 Å². The average molecular weight is 233 g/mol. The zero-order chi connectivity index (χ0) is 12.1. The maximum Gasteiger partial charge on any atom is 0.303 e. The minimum Gasteiger partial charge on any atom is -0.481 e. The lowest BCUT2D eigenvalue weighted by molar-refractivity contribution is -0.137. The van der Waals surface area contributed by atoms with Crippen LogP contribution in [0.3, 0.4) is 0 Å². The van der Waals surface area contributed by atoms with E-state index < -0.39 is 5.97 Å². The van der Waals surface area contributed by atoms with E-state index in [2.05, 4.69) is 29.2 Å². The number of fused-ring (bicyclic) bond motifs is 1. The molecule has 0 aliphatic carbocycles. The summed E-state index contributed by atoms with van der Waals surface area (Å²) in [5.41, 5.74) is 2.89. The zero-order valence-electron chi connectivity index (χ0n) is 10.1. The van der Waals surface area contributed by atoms with Crippen molar-refractivity contribution in [3.63, 3.8) is 0 Å². The largest absolute Gasteiger partial charge is 0.481 e. The molecule has 92 valence electrons. The Morgan fingerprint density at radius 2 is 1.76 bits per heavy atom. The van der Waals surface area contributed by atoms with Crippen molar-refractivity contribution in [1.82, 2.24) is 4.90 Å². The molecular weight excluding hydrogens is 214 g/mol. The molecule has 1 N–H and O–H groups in total. The lowest BCUT2D eigenvalue weighted by Gasteiger charge is -2.13. The molecule has 1 heterocycles. The third-order valence-electron chi connectivity index (χ3n) is 3.27. The third-order valence-corrected chi connectivity index (χ3v) is 3.27. The summed E-state index contributed by atoms with van der Waals surface area (Å²) in [6.45, 7) is 3.18. The van der Waals surface area contributed by atoms with Gasteiger partial charge in [0.25, 0.3) is 0 Å². The van der Waals surface area contributed by atoms with E-state index in [1.807, 2.05) is 0 Å². The normalized spacial score (nSPS) is 14.8. The summed E-state index contributed by atoms with van der Waals surface area (Å²) in [7, 11) is 0. The molecule has 0 fully saturated rings. The molecule has 1 aromatic rings. The summed E-state index contributed by atoms with van der Waals surface area (Å²) >= 11 is 0. The molecule has 0 atom stereocenters. The van der Waals surface area contributed by atoms with Gasteiger partial charge in [-0.25, -0.2) is 0 Å². The lowest BCUT2D eigenvalue weighted by atomic mass is 10.1. The predicted molar refractivity (Wildman–Crippen MR) is 66.7 cm³/mol. The van der Waals surface area contributed by atoms with E-state index in [0.717, 1.165) is 38.9 Å². The van der Waals surface area contributed by atoms with Gasteiger partial charge in [0.15, 0.2) is 0 Å². The molecule has 0 unspecified atom stereocenters. The number of aliphatic carboxylic acids is 1. The standard InChI is InChI=1S/C14H19NO2/c16-14(17)8-2-1-5-9-15-10-12-6-3-4-7-13(12)11-15/h3-4,6-7H,1-2,5,8-11H2,(H,16,17). The van der Waals surface area contributed by atoms with Gasteiger partial charge in [-0.3, -0.25) is 9.69 Å². The van der Waals surface area contributed by atoms with Crippen LogP contribution in [-0.2, 0) is 17.9 Å². The van der Waals surface area contributed by atoms with Crippen molar-refractivity contribution in [2.24, 2.45) is 0 Å². The van der Waals surface area contributed by atoms with Crippen LogP contribution in [0.25, 0.3) is 0 Å². The highest BCUT2D eigenvalue weighted by Crippen LogP contribution is 2.22. The Morgan fingerprint density at radius 1 is 1.12 bits per heavy atom. The Morgan fingerprint density at radius 3 is 2.35 bits per heavy atom. The number of benzene rings is 1. The molecule has 0 spiro atoms. The van der Waals surface area contributed by atoms with Crippen molar-refractivity contribution in [3.05, 3.63) is 35.4 Å². The van der Waals surface area contributed by atoms with Crippen LogP contribution in [0.2, 0.25) is 0 Å². The number of unbranched alkanes of at least 4 members (excludes halogenated alkanes) is 2. The van der Waals surface area contributed by atoms with Crippen LogP contribution in [0.5, 0.6) is 0 Å². The molecule has 1 aliphatic heterocycles. The molecule has 3 nitrogen and oxygen atoms in total. The first-order valence-corrected chi connectivity index (χ1v) is 6.26. The van der Waals surface area contributed by atoms with E-state index >= 15 is 0 Å². The summed E-state index contributed by atoms with van der Waals surface area (Å²) in [6.07, 6.45) is 3.22. The van der Waals surface area contributed by atoms with Crippen LogP contribution >= 0.6 is 0 Å². The summed E-state index contributed by atoms with van der Waals surface area (Å²) < 4.78 is 0. The molecule has 3 heteroatoms. The average Bonchev–Trinajstić information content (AvgIpc) is 2.70. The van der Waals surface area contributed by atoms with Crippen LogP contribution in [0.1, 0.15) is 36.8 Å². The second-order valence-corrected chi connectivity index (χ2v) is 4.68. The fourth-order valence-corrected chi connectivity index (χ4v) is 2.35. The first-order chi connectivity index (χ1) is 8.25. The van der Waals surface area contributed by atoms with Gasteiger partial charge < -0.3 is 5.11 Å². The predicted octanol–water partition coefficient (Wildman–Crippen LogP) is 2.65. The van der Waals surface area contributed by atoms with Gasteiger partial charge in [-0.2, -0.15) is 0 Å². The van der Waals surface area contributed by atoms with Crippen molar-refractivity contribution in [3.8, 4) is 0 Å². The molecule has 0 aromatic heterocycles. The fraction of sp³-hybridized carbons (Fsp3) is 0.500. The number of nitrogens with zero attached hydrogens (tertiary/aromatic N) is 1. The highest BCUT2D eigenvalue weighted by Gasteiger charge is 2.16. The van der Waals surface area contributed by atoms with Gasteiger partial charge >= 0.3 is 5.97 Å². The van der Waals surface area contributed by atoms with Gasteiger partial charge in [-0.1, -0.05) is 30.7 Å². The Labute approximate surface area is 102 Å². The molecule has 0 radical (unpaired) electrons. The minimum absolute atomic E-state index is 0.306. The molecule has 1 aromatic carbocycles. The van der Waals surface area contributed by atoms with Crippen LogP contribution < -0.4 is 0 Å². The topological polar surface area (TPSA) is 40.5 Å². The highest BCUT2D eigenvalue weighted by molar-refractivity contribution is 5.66. The Bertz CT molecular complexity index is 365.